The van der Waals surface area contributed by atoms with Crippen molar-refractivity contribution in [3.63, 3.8) is 0 Å². The van der Waals surface area contributed by atoms with Crippen molar-refractivity contribution in [3.05, 3.63) is 0 Å². The molecule has 0 radical (unpaired) electrons. The molecule has 0 saturated heterocycles. The van der Waals surface area contributed by atoms with Gasteiger partial charge in [-0.25, -0.2) is 4.57 Å². The van der Waals surface area contributed by atoms with Crippen molar-refractivity contribution in [2.24, 2.45) is 0 Å². The lowest BCUT2D eigenvalue weighted by atomic mass is 10.1. The van der Waals surface area contributed by atoms with Gasteiger partial charge in [0.15, 0.2) is 0 Å². The fraction of sp³-hybridized carbons (Fsp3) is 1.00. The van der Waals surface area contributed by atoms with E-state index in [0.717, 1.165) is 12.8 Å². The van der Waals surface area contributed by atoms with Crippen molar-refractivity contribution in [2.75, 3.05) is 61.2 Å². The molecule has 0 aromatic rings. The van der Waals surface area contributed by atoms with Crippen LogP contribution in [0.15, 0.2) is 0 Å². The standard InChI is InChI=1S/C19H43NO6P/c1-6-7-8-9-10-11-12-13-15-24-17-19(21)18-26-27(22,23-5)25-16-14-20(2,3)4/h19,21H,6-18H2,1-5H3/q+1. The number of phosphoric ester groups is 1. The smallest absolute Gasteiger partial charge is 0.388 e. The zero-order valence-electron chi connectivity index (χ0n) is 18.2. The molecule has 0 aliphatic carbocycles. The molecule has 2 atom stereocenters. The van der Waals surface area contributed by atoms with Crippen LogP contribution in [0.4, 0.5) is 0 Å². The van der Waals surface area contributed by atoms with E-state index < -0.39 is 13.9 Å². The number of quaternary nitrogens is 1. The van der Waals surface area contributed by atoms with Crippen molar-refractivity contribution in [2.45, 2.75) is 64.4 Å². The molecule has 8 heteroatoms. The molecule has 27 heavy (non-hydrogen) atoms. The average molecular weight is 413 g/mol. The Balaban J connectivity index is 3.70. The lowest BCUT2D eigenvalue weighted by Gasteiger charge is -2.24. The van der Waals surface area contributed by atoms with Gasteiger partial charge in [0.1, 0.15) is 19.3 Å². The molecule has 0 spiro atoms. The number of aliphatic hydroxyl groups is 1. The van der Waals surface area contributed by atoms with Crippen LogP contribution in [0.25, 0.3) is 0 Å². The molecular formula is C19H43NO6P+. The Hall–Kier alpha value is -0.0100. The topological polar surface area (TPSA) is 74.2 Å². The zero-order valence-corrected chi connectivity index (χ0v) is 19.0. The van der Waals surface area contributed by atoms with Crippen LogP contribution in [-0.2, 0) is 22.9 Å². The lowest BCUT2D eigenvalue weighted by molar-refractivity contribution is -0.870. The highest BCUT2D eigenvalue weighted by molar-refractivity contribution is 7.48. The molecule has 164 valence electrons. The minimum absolute atomic E-state index is 0.146. The van der Waals surface area contributed by atoms with E-state index in [0.29, 0.717) is 17.6 Å². The predicted molar refractivity (Wildman–Crippen MR) is 109 cm³/mol. The molecule has 0 fully saturated rings. The fourth-order valence-electron chi connectivity index (χ4n) is 2.35. The summed E-state index contributed by atoms with van der Waals surface area (Å²) >= 11 is 0. The third-order valence-corrected chi connectivity index (χ3v) is 5.52. The van der Waals surface area contributed by atoms with Gasteiger partial charge in [-0.2, -0.15) is 0 Å². The van der Waals surface area contributed by atoms with Crippen LogP contribution in [0.5, 0.6) is 0 Å². The van der Waals surface area contributed by atoms with Crippen LogP contribution >= 0.6 is 7.82 Å². The summed E-state index contributed by atoms with van der Waals surface area (Å²) < 4.78 is 33.7. The van der Waals surface area contributed by atoms with Gasteiger partial charge in [0.05, 0.1) is 34.4 Å². The van der Waals surface area contributed by atoms with Gasteiger partial charge < -0.3 is 14.3 Å². The number of nitrogens with zero attached hydrogens (tertiary/aromatic N) is 1. The molecule has 7 nitrogen and oxygen atoms in total. The van der Waals surface area contributed by atoms with Crippen molar-refractivity contribution in [1.29, 1.82) is 0 Å². The molecule has 0 bridgehead atoms. The van der Waals surface area contributed by atoms with Gasteiger partial charge >= 0.3 is 7.82 Å². The molecule has 0 heterocycles. The van der Waals surface area contributed by atoms with Gasteiger partial charge in [-0.3, -0.25) is 13.6 Å². The van der Waals surface area contributed by atoms with E-state index in [1.165, 1.54) is 45.6 Å². The first-order chi connectivity index (χ1) is 12.7. The highest BCUT2D eigenvalue weighted by Crippen LogP contribution is 2.48. The first kappa shape index (κ1) is 27.0. The van der Waals surface area contributed by atoms with Gasteiger partial charge in [0.2, 0.25) is 0 Å². The van der Waals surface area contributed by atoms with E-state index in [1.807, 2.05) is 21.1 Å². The van der Waals surface area contributed by atoms with E-state index in [2.05, 4.69) is 6.92 Å². The first-order valence-corrected chi connectivity index (χ1v) is 11.7. The Morgan fingerprint density at radius 1 is 0.889 bits per heavy atom. The molecule has 1 N–H and O–H groups in total. The highest BCUT2D eigenvalue weighted by atomic mass is 31.2. The quantitative estimate of drug-likeness (QED) is 0.196. The molecule has 0 amide bonds. The van der Waals surface area contributed by atoms with Gasteiger partial charge in [-0.05, 0) is 6.42 Å². The maximum absolute atomic E-state index is 12.3. The predicted octanol–water partition coefficient (Wildman–Crippen LogP) is 4.00. The van der Waals surface area contributed by atoms with Gasteiger partial charge in [0.25, 0.3) is 0 Å². The monoisotopic (exact) mass is 412 g/mol. The van der Waals surface area contributed by atoms with Crippen LogP contribution in [-0.4, -0.2) is 76.9 Å². The molecule has 0 rings (SSSR count). The van der Waals surface area contributed by atoms with E-state index in [-0.39, 0.29) is 19.8 Å². The van der Waals surface area contributed by atoms with Crippen molar-refractivity contribution < 1.29 is 32.5 Å². The Morgan fingerprint density at radius 3 is 2.04 bits per heavy atom. The minimum atomic E-state index is -3.63. The molecule has 0 aromatic heterocycles. The van der Waals surface area contributed by atoms with Crippen LogP contribution in [0.1, 0.15) is 58.3 Å². The van der Waals surface area contributed by atoms with Gasteiger partial charge in [0, 0.05) is 13.7 Å². The number of hydrogen-bond acceptors (Lipinski definition) is 6. The Bertz CT molecular complexity index is 389. The number of rotatable bonds is 19. The summed E-state index contributed by atoms with van der Waals surface area (Å²) in [6.45, 7) is 3.77. The summed E-state index contributed by atoms with van der Waals surface area (Å²) in [6.07, 6.45) is 9.08. The second kappa shape index (κ2) is 15.9. The molecule has 0 aliphatic heterocycles. The van der Waals surface area contributed by atoms with E-state index >= 15 is 0 Å². The number of phosphoric acid groups is 1. The summed E-state index contributed by atoms with van der Waals surface area (Å²) in [5.41, 5.74) is 0. The van der Waals surface area contributed by atoms with E-state index in [4.69, 9.17) is 18.3 Å². The SMILES string of the molecule is CCCCCCCCCCOCC(O)COP(=O)(OC)OCC[N+](C)(C)C. The number of aliphatic hydroxyl groups excluding tert-OH is 1. The largest absolute Gasteiger partial charge is 0.474 e. The summed E-state index contributed by atoms with van der Waals surface area (Å²) in [7, 11) is 3.67. The van der Waals surface area contributed by atoms with Crippen molar-refractivity contribution in [1.82, 2.24) is 0 Å². The zero-order chi connectivity index (χ0) is 20.6. The molecular weight excluding hydrogens is 369 g/mol. The van der Waals surface area contributed by atoms with E-state index in [9.17, 15) is 9.67 Å². The molecule has 0 saturated carbocycles. The molecule has 2 unspecified atom stereocenters. The Morgan fingerprint density at radius 2 is 1.48 bits per heavy atom. The maximum atomic E-state index is 12.3. The van der Waals surface area contributed by atoms with Crippen molar-refractivity contribution >= 4 is 7.82 Å². The fourth-order valence-corrected chi connectivity index (χ4v) is 3.30. The Kier molecular flexibility index (Phi) is 15.9. The lowest BCUT2D eigenvalue weighted by Crippen LogP contribution is -2.37. The van der Waals surface area contributed by atoms with Gasteiger partial charge in [-0.15, -0.1) is 0 Å². The summed E-state index contributed by atoms with van der Waals surface area (Å²) in [4.78, 5) is 0. The summed E-state index contributed by atoms with van der Waals surface area (Å²) in [5.74, 6) is 0. The second-order valence-electron chi connectivity index (χ2n) is 7.98. The van der Waals surface area contributed by atoms with Gasteiger partial charge in [-0.1, -0.05) is 51.9 Å². The van der Waals surface area contributed by atoms with Crippen molar-refractivity contribution in [3.8, 4) is 0 Å². The third-order valence-electron chi connectivity index (χ3n) is 4.11. The number of hydrogen-bond donors (Lipinski definition) is 1. The van der Waals surface area contributed by atoms with E-state index in [1.54, 1.807) is 0 Å². The Labute approximate surface area is 166 Å². The van der Waals surface area contributed by atoms with Crippen LogP contribution in [0, 0.1) is 0 Å². The summed E-state index contributed by atoms with van der Waals surface area (Å²) in [5, 5.41) is 9.90. The van der Waals surface area contributed by atoms with Crippen LogP contribution in [0.3, 0.4) is 0 Å². The minimum Gasteiger partial charge on any atom is -0.388 e. The third kappa shape index (κ3) is 17.8. The second-order valence-corrected chi connectivity index (χ2v) is 9.75. The average Bonchev–Trinajstić information content (AvgIpc) is 2.60. The van der Waals surface area contributed by atoms with Crippen LogP contribution in [0.2, 0.25) is 0 Å². The summed E-state index contributed by atoms with van der Waals surface area (Å²) in [6, 6.07) is 0. The number of ether oxygens (including phenoxy) is 1. The highest BCUT2D eigenvalue weighted by Gasteiger charge is 2.27. The first-order valence-electron chi connectivity index (χ1n) is 10.2. The number of unbranched alkanes of at least 4 members (excludes halogenated alkanes) is 7. The normalized spacial score (nSPS) is 15.6. The molecule has 0 aromatic carbocycles. The number of likely N-dealkylation sites (N-methyl/N-ethyl adjacent to an activating group) is 1. The van der Waals surface area contributed by atoms with Crippen LogP contribution < -0.4 is 0 Å². The maximum Gasteiger partial charge on any atom is 0.474 e. The molecule has 0 aliphatic rings.